The minimum Gasteiger partial charge on any atom is -0.495 e. The Hall–Kier alpha value is -3.77. The van der Waals surface area contributed by atoms with Crippen LogP contribution in [0.2, 0.25) is 5.02 Å². The zero-order valence-corrected chi connectivity index (χ0v) is 19.1. The highest BCUT2D eigenvalue weighted by molar-refractivity contribution is 6.46. The van der Waals surface area contributed by atoms with Crippen molar-refractivity contribution in [1.82, 2.24) is 0 Å². The van der Waals surface area contributed by atoms with Crippen molar-refractivity contribution in [3.05, 3.63) is 89.1 Å². The van der Waals surface area contributed by atoms with Crippen molar-refractivity contribution in [2.75, 3.05) is 23.9 Å². The quantitative estimate of drug-likeness (QED) is 0.445. The monoisotopic (exact) mass is 462 g/mol. The molecule has 33 heavy (non-hydrogen) atoms. The van der Waals surface area contributed by atoms with E-state index in [9.17, 15) is 9.59 Å². The molecule has 1 heterocycles. The summed E-state index contributed by atoms with van der Waals surface area (Å²) in [5.74, 6) is 0.0235. The summed E-state index contributed by atoms with van der Waals surface area (Å²) in [5.41, 5.74) is 1.88. The van der Waals surface area contributed by atoms with Gasteiger partial charge in [-0.1, -0.05) is 61.0 Å². The first kappa shape index (κ1) is 22.4. The Morgan fingerprint density at radius 3 is 2.36 bits per heavy atom. The predicted octanol–water partition coefficient (Wildman–Crippen LogP) is 5.53. The molecule has 4 rings (SSSR count). The molecule has 3 aromatic carbocycles. The summed E-state index contributed by atoms with van der Waals surface area (Å²) in [6.07, 6.45) is 0.797. The molecule has 0 radical (unpaired) electrons. The molecule has 0 aliphatic carbocycles. The fraction of sp³-hybridized carbons (Fsp3) is 0.154. The van der Waals surface area contributed by atoms with Crippen LogP contribution in [0.25, 0.3) is 5.57 Å². The molecular weight excluding hydrogens is 440 g/mol. The molecule has 0 spiro atoms. The standard InChI is InChI=1S/C26H23ClN2O4/c1-3-15-33-22-12-8-7-11-20(22)29-25(30)23(17-9-5-4-6-10-17)24(26(29)31)28-19-16-18(27)13-14-21(19)32-2/h4-14,16,28H,3,15H2,1-2H3. The number of hydrogen-bond donors (Lipinski definition) is 1. The third-order valence-corrected chi connectivity index (χ3v) is 5.37. The SMILES string of the molecule is CCCOc1ccccc1N1C(=O)C(Nc2cc(Cl)ccc2OC)=C(c2ccccc2)C1=O. The minimum atomic E-state index is -0.492. The second-order valence-corrected chi connectivity index (χ2v) is 7.78. The van der Waals surface area contributed by atoms with Crippen molar-refractivity contribution >= 4 is 40.4 Å². The summed E-state index contributed by atoms with van der Waals surface area (Å²) in [6, 6.07) is 21.1. The highest BCUT2D eigenvalue weighted by Gasteiger charge is 2.41. The van der Waals surface area contributed by atoms with E-state index in [1.165, 1.54) is 7.11 Å². The second-order valence-electron chi connectivity index (χ2n) is 7.35. The molecule has 0 atom stereocenters. The van der Waals surface area contributed by atoms with E-state index < -0.39 is 11.8 Å². The molecule has 1 aliphatic heterocycles. The highest BCUT2D eigenvalue weighted by atomic mass is 35.5. The first-order valence-electron chi connectivity index (χ1n) is 10.6. The Morgan fingerprint density at radius 2 is 1.64 bits per heavy atom. The fourth-order valence-corrected chi connectivity index (χ4v) is 3.80. The van der Waals surface area contributed by atoms with Crippen molar-refractivity contribution in [2.24, 2.45) is 0 Å². The van der Waals surface area contributed by atoms with Crippen LogP contribution in [0.15, 0.2) is 78.5 Å². The Balaban J connectivity index is 1.83. The Kier molecular flexibility index (Phi) is 6.66. The van der Waals surface area contributed by atoms with E-state index >= 15 is 0 Å². The molecule has 3 aromatic rings. The normalized spacial score (nSPS) is 13.5. The minimum absolute atomic E-state index is 0.136. The van der Waals surface area contributed by atoms with Crippen LogP contribution in [0.1, 0.15) is 18.9 Å². The van der Waals surface area contributed by atoms with Gasteiger partial charge in [0.05, 0.1) is 30.7 Å². The van der Waals surface area contributed by atoms with E-state index in [-0.39, 0.29) is 11.3 Å². The summed E-state index contributed by atoms with van der Waals surface area (Å²) >= 11 is 6.18. The number of anilines is 2. The van der Waals surface area contributed by atoms with Crippen molar-refractivity contribution in [2.45, 2.75) is 13.3 Å². The first-order valence-corrected chi connectivity index (χ1v) is 10.9. The predicted molar refractivity (Wildman–Crippen MR) is 130 cm³/mol. The lowest BCUT2D eigenvalue weighted by atomic mass is 10.0. The maximum Gasteiger partial charge on any atom is 0.282 e. The van der Waals surface area contributed by atoms with Crippen molar-refractivity contribution in [1.29, 1.82) is 0 Å². The summed E-state index contributed by atoms with van der Waals surface area (Å²) in [5, 5.41) is 3.57. The van der Waals surface area contributed by atoms with Gasteiger partial charge in [-0.2, -0.15) is 0 Å². The Labute approximate surface area is 197 Å². The van der Waals surface area contributed by atoms with Gasteiger partial charge in [0.15, 0.2) is 0 Å². The van der Waals surface area contributed by atoms with Gasteiger partial charge < -0.3 is 14.8 Å². The highest BCUT2D eigenvalue weighted by Crippen LogP contribution is 2.39. The molecule has 168 valence electrons. The van der Waals surface area contributed by atoms with Gasteiger partial charge in [-0.25, -0.2) is 4.90 Å². The average molecular weight is 463 g/mol. The smallest absolute Gasteiger partial charge is 0.282 e. The number of amides is 2. The van der Waals surface area contributed by atoms with Crippen molar-refractivity contribution in [3.63, 3.8) is 0 Å². The van der Waals surface area contributed by atoms with Crippen molar-refractivity contribution < 1.29 is 19.1 Å². The molecule has 7 heteroatoms. The van der Waals surface area contributed by atoms with Gasteiger partial charge in [0.25, 0.3) is 11.8 Å². The zero-order valence-electron chi connectivity index (χ0n) is 18.3. The molecule has 1 N–H and O–H groups in total. The fourth-order valence-electron chi connectivity index (χ4n) is 3.63. The van der Waals surface area contributed by atoms with Crippen LogP contribution in [-0.2, 0) is 9.59 Å². The number of methoxy groups -OCH3 is 1. The first-order chi connectivity index (χ1) is 16.0. The van der Waals surface area contributed by atoms with Crippen LogP contribution in [0.4, 0.5) is 11.4 Å². The topological polar surface area (TPSA) is 67.9 Å². The third-order valence-electron chi connectivity index (χ3n) is 5.14. The van der Waals surface area contributed by atoms with E-state index in [2.05, 4.69) is 5.32 Å². The third kappa shape index (κ3) is 4.43. The van der Waals surface area contributed by atoms with Gasteiger partial charge in [0.2, 0.25) is 0 Å². The molecular formula is C26H23ClN2O4. The van der Waals surface area contributed by atoms with Crippen LogP contribution in [0.5, 0.6) is 11.5 Å². The summed E-state index contributed by atoms with van der Waals surface area (Å²) in [6.45, 7) is 2.46. The van der Waals surface area contributed by atoms with Crippen LogP contribution in [0, 0.1) is 0 Å². The number of imide groups is 1. The number of hydrogen-bond acceptors (Lipinski definition) is 5. The maximum absolute atomic E-state index is 13.7. The molecule has 2 amide bonds. The van der Waals surface area contributed by atoms with Crippen LogP contribution in [-0.4, -0.2) is 25.5 Å². The lowest BCUT2D eigenvalue weighted by Gasteiger charge is -2.19. The van der Waals surface area contributed by atoms with Gasteiger partial charge in [0, 0.05) is 5.02 Å². The number of nitrogens with one attached hydrogen (secondary N) is 1. The Bertz CT molecular complexity index is 1220. The molecule has 0 unspecified atom stereocenters. The number of halogens is 1. The molecule has 0 aromatic heterocycles. The van der Waals surface area contributed by atoms with E-state index in [0.717, 1.165) is 11.3 Å². The van der Waals surface area contributed by atoms with E-state index in [1.54, 1.807) is 54.6 Å². The lowest BCUT2D eigenvalue weighted by molar-refractivity contribution is -0.120. The van der Waals surface area contributed by atoms with Gasteiger partial charge >= 0.3 is 0 Å². The van der Waals surface area contributed by atoms with Crippen LogP contribution < -0.4 is 19.7 Å². The maximum atomic E-state index is 13.7. The summed E-state index contributed by atoms with van der Waals surface area (Å²) in [4.78, 5) is 28.5. The lowest BCUT2D eigenvalue weighted by Crippen LogP contribution is -2.32. The van der Waals surface area contributed by atoms with E-state index in [1.807, 2.05) is 25.1 Å². The van der Waals surface area contributed by atoms with Gasteiger partial charge in [0.1, 0.15) is 17.2 Å². The molecule has 0 saturated carbocycles. The number of carbonyl (C=O) groups excluding carboxylic acids is 2. The largest absolute Gasteiger partial charge is 0.495 e. The van der Waals surface area contributed by atoms with E-state index in [0.29, 0.717) is 40.1 Å². The Morgan fingerprint density at radius 1 is 0.909 bits per heavy atom. The molecule has 0 saturated heterocycles. The number of para-hydroxylation sites is 2. The van der Waals surface area contributed by atoms with Gasteiger partial charge in [-0.05, 0) is 42.3 Å². The molecule has 6 nitrogen and oxygen atoms in total. The average Bonchev–Trinajstić information content (AvgIpc) is 3.07. The number of nitrogens with zero attached hydrogens (tertiary/aromatic N) is 1. The zero-order chi connectivity index (χ0) is 23.4. The van der Waals surface area contributed by atoms with Crippen LogP contribution in [0.3, 0.4) is 0 Å². The number of ether oxygens (including phenoxy) is 2. The molecule has 0 fully saturated rings. The van der Waals surface area contributed by atoms with Crippen molar-refractivity contribution in [3.8, 4) is 11.5 Å². The summed E-state index contributed by atoms with van der Waals surface area (Å²) in [7, 11) is 1.52. The summed E-state index contributed by atoms with van der Waals surface area (Å²) < 4.78 is 11.2. The van der Waals surface area contributed by atoms with Gasteiger partial charge in [-0.3, -0.25) is 9.59 Å². The number of benzene rings is 3. The van der Waals surface area contributed by atoms with E-state index in [4.69, 9.17) is 21.1 Å². The molecule has 1 aliphatic rings. The second kappa shape index (κ2) is 9.79. The number of carbonyl (C=O) groups is 2. The molecule has 0 bridgehead atoms. The number of rotatable bonds is 8. The van der Waals surface area contributed by atoms with Gasteiger partial charge in [-0.15, -0.1) is 0 Å². The van der Waals surface area contributed by atoms with Crippen LogP contribution >= 0.6 is 11.6 Å².